The molecule has 0 spiro atoms. The molecule has 144 valence electrons. The van der Waals surface area contributed by atoms with Crippen LogP contribution in [0, 0.1) is 5.41 Å². The van der Waals surface area contributed by atoms with Gasteiger partial charge in [0.2, 0.25) is 5.91 Å². The van der Waals surface area contributed by atoms with Crippen molar-refractivity contribution in [1.82, 2.24) is 20.2 Å². The Morgan fingerprint density at radius 1 is 1.27 bits per heavy atom. The molecule has 1 atom stereocenters. The molecule has 0 bridgehead atoms. The van der Waals surface area contributed by atoms with E-state index in [2.05, 4.69) is 51.1 Å². The fraction of sp³-hybridized carbons (Fsp3) is 0.762. The van der Waals surface area contributed by atoms with Gasteiger partial charge in [0.05, 0.1) is 0 Å². The van der Waals surface area contributed by atoms with Crippen LogP contribution in [0.15, 0.2) is 6.20 Å². The second-order valence-corrected chi connectivity index (χ2v) is 9.89. The standard InChI is InChI=1S/C21H34N4O/c1-14(26)25-9-7-15(8-10-25)23-17-11-21(5,6)12-18-16(17)13-22-19(24-18)20(2,3)4/h13,15,17,23H,7-12H2,1-6H3/t17-/m0/s1. The van der Waals surface area contributed by atoms with E-state index in [4.69, 9.17) is 4.98 Å². The number of carbonyl (C=O) groups excluding carboxylic acids is 1. The normalized spacial score (nSPS) is 23.6. The Morgan fingerprint density at radius 2 is 1.92 bits per heavy atom. The van der Waals surface area contributed by atoms with Crippen molar-refractivity contribution in [3.8, 4) is 0 Å². The predicted octanol–water partition coefficient (Wildman–Crippen LogP) is 3.39. The molecule has 1 saturated heterocycles. The number of likely N-dealkylation sites (tertiary alicyclic amines) is 1. The van der Waals surface area contributed by atoms with Crippen molar-refractivity contribution in [2.24, 2.45) is 5.41 Å². The van der Waals surface area contributed by atoms with E-state index in [1.54, 1.807) is 6.92 Å². The molecule has 1 amide bonds. The first kappa shape index (κ1) is 19.3. The lowest BCUT2D eigenvalue weighted by Gasteiger charge is -2.40. The molecule has 1 fully saturated rings. The van der Waals surface area contributed by atoms with Crippen molar-refractivity contribution < 1.29 is 4.79 Å². The highest BCUT2D eigenvalue weighted by Crippen LogP contribution is 2.40. The number of amides is 1. The van der Waals surface area contributed by atoms with Crippen LogP contribution in [0.3, 0.4) is 0 Å². The lowest BCUT2D eigenvalue weighted by Crippen LogP contribution is -2.46. The topological polar surface area (TPSA) is 58.1 Å². The van der Waals surface area contributed by atoms with E-state index >= 15 is 0 Å². The van der Waals surface area contributed by atoms with E-state index in [0.717, 1.165) is 44.6 Å². The minimum Gasteiger partial charge on any atom is -0.343 e. The summed E-state index contributed by atoms with van der Waals surface area (Å²) >= 11 is 0. The smallest absolute Gasteiger partial charge is 0.219 e. The van der Waals surface area contributed by atoms with Crippen molar-refractivity contribution in [1.29, 1.82) is 0 Å². The summed E-state index contributed by atoms with van der Waals surface area (Å²) in [5, 5.41) is 3.87. The molecule has 1 aromatic rings. The van der Waals surface area contributed by atoms with Crippen molar-refractivity contribution in [3.63, 3.8) is 0 Å². The molecule has 2 aliphatic rings. The second-order valence-electron chi connectivity index (χ2n) is 9.89. The number of aromatic nitrogens is 2. The molecule has 0 unspecified atom stereocenters. The van der Waals surface area contributed by atoms with Gasteiger partial charge in [-0.15, -0.1) is 0 Å². The quantitative estimate of drug-likeness (QED) is 0.880. The predicted molar refractivity (Wildman–Crippen MR) is 104 cm³/mol. The van der Waals surface area contributed by atoms with Crippen LogP contribution in [-0.2, 0) is 16.6 Å². The van der Waals surface area contributed by atoms with E-state index in [-0.39, 0.29) is 16.7 Å². The number of nitrogens with zero attached hydrogens (tertiary/aromatic N) is 3. The van der Waals surface area contributed by atoms with Gasteiger partial charge in [0, 0.05) is 55.0 Å². The molecule has 26 heavy (non-hydrogen) atoms. The first-order chi connectivity index (χ1) is 12.0. The Labute approximate surface area is 158 Å². The van der Waals surface area contributed by atoms with E-state index in [1.165, 1.54) is 11.3 Å². The Bertz CT molecular complexity index is 669. The van der Waals surface area contributed by atoms with Gasteiger partial charge in [0.15, 0.2) is 0 Å². The van der Waals surface area contributed by atoms with Crippen molar-refractivity contribution >= 4 is 5.91 Å². The molecule has 1 aromatic heterocycles. The first-order valence-corrected chi connectivity index (χ1v) is 9.93. The molecule has 0 saturated carbocycles. The second kappa shape index (κ2) is 6.91. The fourth-order valence-electron chi connectivity index (χ4n) is 4.20. The van der Waals surface area contributed by atoms with Crippen LogP contribution < -0.4 is 5.32 Å². The van der Waals surface area contributed by atoms with Crippen LogP contribution in [0.5, 0.6) is 0 Å². The number of hydrogen-bond acceptors (Lipinski definition) is 4. The van der Waals surface area contributed by atoms with Gasteiger partial charge in [0.1, 0.15) is 5.82 Å². The Balaban J connectivity index is 1.78. The van der Waals surface area contributed by atoms with Crippen molar-refractivity contribution in [2.45, 2.75) is 84.7 Å². The maximum absolute atomic E-state index is 11.5. The Hall–Kier alpha value is -1.49. The third kappa shape index (κ3) is 4.25. The fourth-order valence-corrected chi connectivity index (χ4v) is 4.20. The first-order valence-electron chi connectivity index (χ1n) is 9.93. The molecule has 5 heteroatoms. The van der Waals surface area contributed by atoms with E-state index in [1.807, 2.05) is 4.90 Å². The highest BCUT2D eigenvalue weighted by atomic mass is 16.2. The van der Waals surface area contributed by atoms with Gasteiger partial charge in [0.25, 0.3) is 0 Å². The number of hydrogen-bond donors (Lipinski definition) is 1. The Kier molecular flexibility index (Phi) is 5.13. The lowest BCUT2D eigenvalue weighted by molar-refractivity contribution is -0.129. The SMILES string of the molecule is CC(=O)N1CCC(N[C@H]2CC(C)(C)Cc3nc(C(C)(C)C)ncc32)CC1. The summed E-state index contributed by atoms with van der Waals surface area (Å²) in [4.78, 5) is 23.1. The third-order valence-electron chi connectivity index (χ3n) is 5.73. The number of carbonyl (C=O) groups is 1. The Morgan fingerprint density at radius 3 is 2.50 bits per heavy atom. The number of rotatable bonds is 2. The molecule has 2 heterocycles. The van der Waals surface area contributed by atoms with Crippen LogP contribution in [0.2, 0.25) is 0 Å². The summed E-state index contributed by atoms with van der Waals surface area (Å²) in [6, 6.07) is 0.760. The molecule has 1 aliphatic heterocycles. The summed E-state index contributed by atoms with van der Waals surface area (Å²) < 4.78 is 0. The average molecular weight is 359 g/mol. The maximum atomic E-state index is 11.5. The monoisotopic (exact) mass is 358 g/mol. The summed E-state index contributed by atoms with van der Waals surface area (Å²) in [6.07, 6.45) is 6.21. The number of piperidine rings is 1. The average Bonchev–Trinajstić information content (AvgIpc) is 2.53. The zero-order valence-corrected chi connectivity index (χ0v) is 17.2. The van der Waals surface area contributed by atoms with Crippen LogP contribution in [0.25, 0.3) is 0 Å². The molecular weight excluding hydrogens is 324 g/mol. The third-order valence-corrected chi connectivity index (χ3v) is 5.73. The zero-order valence-electron chi connectivity index (χ0n) is 17.2. The van der Waals surface area contributed by atoms with E-state index in [0.29, 0.717) is 12.1 Å². The summed E-state index contributed by atoms with van der Waals surface area (Å²) in [5.41, 5.74) is 2.68. The number of fused-ring (bicyclic) bond motifs is 1. The van der Waals surface area contributed by atoms with Gasteiger partial charge in [-0.05, 0) is 31.1 Å². The van der Waals surface area contributed by atoms with Gasteiger partial charge < -0.3 is 10.2 Å². The zero-order chi connectivity index (χ0) is 19.1. The van der Waals surface area contributed by atoms with E-state index < -0.39 is 0 Å². The van der Waals surface area contributed by atoms with Crippen LogP contribution >= 0.6 is 0 Å². The van der Waals surface area contributed by atoms with Gasteiger partial charge in [-0.3, -0.25) is 4.79 Å². The highest BCUT2D eigenvalue weighted by molar-refractivity contribution is 5.73. The molecule has 1 N–H and O–H groups in total. The summed E-state index contributed by atoms with van der Waals surface area (Å²) in [7, 11) is 0. The molecule has 1 aliphatic carbocycles. The van der Waals surface area contributed by atoms with Gasteiger partial charge in [-0.2, -0.15) is 0 Å². The minimum absolute atomic E-state index is 0.0287. The highest BCUT2D eigenvalue weighted by Gasteiger charge is 2.36. The lowest BCUT2D eigenvalue weighted by atomic mass is 9.73. The molecule has 3 rings (SSSR count). The number of nitrogens with one attached hydrogen (secondary N) is 1. The summed E-state index contributed by atoms with van der Waals surface area (Å²) in [6.45, 7) is 14.6. The van der Waals surface area contributed by atoms with Gasteiger partial charge in [-0.1, -0.05) is 34.6 Å². The minimum atomic E-state index is -0.0287. The molecule has 5 nitrogen and oxygen atoms in total. The maximum Gasteiger partial charge on any atom is 0.219 e. The summed E-state index contributed by atoms with van der Waals surface area (Å²) in [5.74, 6) is 1.12. The van der Waals surface area contributed by atoms with Crippen LogP contribution in [-0.4, -0.2) is 39.9 Å². The van der Waals surface area contributed by atoms with Crippen LogP contribution in [0.1, 0.15) is 83.9 Å². The van der Waals surface area contributed by atoms with Crippen molar-refractivity contribution in [3.05, 3.63) is 23.3 Å². The van der Waals surface area contributed by atoms with E-state index in [9.17, 15) is 4.79 Å². The van der Waals surface area contributed by atoms with Crippen LogP contribution in [0.4, 0.5) is 0 Å². The van der Waals surface area contributed by atoms with Gasteiger partial charge >= 0.3 is 0 Å². The molecular formula is C21H34N4O. The molecule has 0 radical (unpaired) electrons. The van der Waals surface area contributed by atoms with Gasteiger partial charge in [-0.25, -0.2) is 9.97 Å². The molecule has 0 aromatic carbocycles. The van der Waals surface area contributed by atoms with Crippen molar-refractivity contribution in [2.75, 3.05) is 13.1 Å². The largest absolute Gasteiger partial charge is 0.343 e.